The van der Waals surface area contributed by atoms with Gasteiger partial charge in [-0.25, -0.2) is 4.79 Å². The van der Waals surface area contributed by atoms with Crippen LogP contribution in [0, 0.1) is 11.3 Å². The van der Waals surface area contributed by atoms with Gasteiger partial charge in [0.1, 0.15) is 5.70 Å². The lowest BCUT2D eigenvalue weighted by Crippen LogP contribution is -2.61. The van der Waals surface area contributed by atoms with Gasteiger partial charge in [-0.3, -0.25) is 4.79 Å². The minimum Gasteiger partial charge on any atom is -0.477 e. The Morgan fingerprint density at radius 2 is 2.35 bits per heavy atom. The van der Waals surface area contributed by atoms with E-state index in [1.807, 2.05) is 0 Å². The van der Waals surface area contributed by atoms with E-state index >= 15 is 0 Å². The summed E-state index contributed by atoms with van der Waals surface area (Å²) in [6.45, 7) is 1.54. The van der Waals surface area contributed by atoms with Crippen LogP contribution in [0.4, 0.5) is 0 Å². The quantitative estimate of drug-likeness (QED) is 0.300. The number of nitrogens with two attached hydrogens (primary N) is 1. The zero-order valence-electron chi connectivity index (χ0n) is 10.9. The number of nitrogens with zero attached hydrogens (tertiary/aromatic N) is 1. The van der Waals surface area contributed by atoms with Crippen molar-refractivity contribution in [2.24, 2.45) is 11.7 Å². The third kappa shape index (κ3) is 2.34. The first-order valence-corrected chi connectivity index (χ1v) is 7.27. The van der Waals surface area contributed by atoms with Crippen molar-refractivity contribution in [3.63, 3.8) is 0 Å². The molecule has 0 saturated carbocycles. The summed E-state index contributed by atoms with van der Waals surface area (Å²) >= 11 is 1.25. The zero-order chi connectivity index (χ0) is 15.0. The van der Waals surface area contributed by atoms with E-state index < -0.39 is 23.4 Å². The summed E-state index contributed by atoms with van der Waals surface area (Å²) in [5.41, 5.74) is 6.25. The molecular formula is C12H17N3O4S. The van der Waals surface area contributed by atoms with Crippen molar-refractivity contribution in [3.8, 4) is 0 Å². The van der Waals surface area contributed by atoms with E-state index in [9.17, 15) is 19.8 Å². The van der Waals surface area contributed by atoms with Gasteiger partial charge >= 0.3 is 5.97 Å². The van der Waals surface area contributed by atoms with E-state index in [4.69, 9.17) is 11.1 Å². The molecule has 2 heterocycles. The number of thioether (sulfide) groups is 1. The summed E-state index contributed by atoms with van der Waals surface area (Å²) in [6.07, 6.45) is 0.745. The number of carbonyl (C=O) groups is 2. The number of nitrogens with one attached hydrogen (secondary N) is 1. The number of aliphatic hydroxyl groups is 1. The molecule has 2 aliphatic heterocycles. The molecule has 8 heteroatoms. The molecule has 4 atom stereocenters. The maximum atomic E-state index is 11.9. The van der Waals surface area contributed by atoms with Crippen LogP contribution in [0.5, 0.6) is 0 Å². The van der Waals surface area contributed by atoms with Crippen molar-refractivity contribution in [1.29, 1.82) is 5.41 Å². The average Bonchev–Trinajstić information content (AvgIpc) is 2.69. The maximum absolute atomic E-state index is 11.9. The minimum absolute atomic E-state index is 0.0154. The van der Waals surface area contributed by atoms with Gasteiger partial charge in [-0.2, -0.15) is 0 Å². The Labute approximate surface area is 120 Å². The van der Waals surface area contributed by atoms with Crippen LogP contribution in [0.25, 0.3) is 0 Å². The third-order valence-corrected chi connectivity index (χ3v) is 4.67. The Kier molecular flexibility index (Phi) is 4.17. The fourth-order valence-corrected chi connectivity index (χ4v) is 3.48. The molecule has 0 aromatic rings. The minimum atomic E-state index is -1.14. The molecular weight excluding hydrogens is 282 g/mol. The topological polar surface area (TPSA) is 128 Å². The molecule has 0 radical (unpaired) electrons. The molecule has 1 amide bonds. The second-order valence-electron chi connectivity index (χ2n) is 4.95. The van der Waals surface area contributed by atoms with Crippen LogP contribution < -0.4 is 5.73 Å². The SMILES string of the molecule is CC(O)C1C(=O)N2C(C(=O)O)=C(CSC(N)C=N)CC12. The molecule has 0 aromatic carbocycles. The van der Waals surface area contributed by atoms with Crippen molar-refractivity contribution in [2.45, 2.75) is 30.9 Å². The highest BCUT2D eigenvalue weighted by Crippen LogP contribution is 2.44. The van der Waals surface area contributed by atoms with E-state index in [2.05, 4.69) is 0 Å². The number of carbonyl (C=O) groups excluding carboxylic acids is 1. The lowest BCUT2D eigenvalue weighted by Gasteiger charge is -2.44. The first kappa shape index (κ1) is 15.0. The number of β-lactam (4-membered cyclic amide) rings is 1. The highest BCUT2D eigenvalue weighted by Gasteiger charge is 2.56. The highest BCUT2D eigenvalue weighted by molar-refractivity contribution is 8.00. The molecule has 2 aliphatic rings. The van der Waals surface area contributed by atoms with E-state index in [0.717, 1.165) is 6.21 Å². The summed E-state index contributed by atoms with van der Waals surface area (Å²) in [4.78, 5) is 24.5. The van der Waals surface area contributed by atoms with Gasteiger partial charge in [-0.15, -0.1) is 11.8 Å². The molecule has 2 rings (SSSR count). The molecule has 7 nitrogen and oxygen atoms in total. The Balaban J connectivity index is 2.17. The van der Waals surface area contributed by atoms with Gasteiger partial charge < -0.3 is 26.3 Å². The molecule has 1 saturated heterocycles. The molecule has 4 unspecified atom stereocenters. The van der Waals surface area contributed by atoms with Gasteiger partial charge in [-0.1, -0.05) is 0 Å². The highest BCUT2D eigenvalue weighted by atomic mass is 32.2. The first-order chi connectivity index (χ1) is 9.38. The molecule has 0 spiro atoms. The predicted molar refractivity (Wildman–Crippen MR) is 74.3 cm³/mol. The Morgan fingerprint density at radius 1 is 1.70 bits per heavy atom. The normalized spacial score (nSPS) is 27.9. The number of rotatable bonds is 6. The van der Waals surface area contributed by atoms with Crippen LogP contribution in [0.3, 0.4) is 0 Å². The second kappa shape index (κ2) is 5.55. The van der Waals surface area contributed by atoms with Crippen molar-refractivity contribution in [2.75, 3.05) is 5.75 Å². The Bertz CT molecular complexity index is 491. The molecule has 0 bridgehead atoms. The van der Waals surface area contributed by atoms with Crippen LogP contribution in [0.2, 0.25) is 0 Å². The number of aliphatic hydroxyl groups excluding tert-OH is 1. The fourth-order valence-electron chi connectivity index (χ4n) is 2.74. The lowest BCUT2D eigenvalue weighted by molar-refractivity contribution is -0.161. The number of hydrogen-bond acceptors (Lipinski definition) is 6. The average molecular weight is 299 g/mol. The van der Waals surface area contributed by atoms with Gasteiger partial charge in [0, 0.05) is 12.0 Å². The summed E-state index contributed by atoms with van der Waals surface area (Å²) in [5.74, 6) is -1.63. The summed E-state index contributed by atoms with van der Waals surface area (Å²) in [7, 11) is 0. The zero-order valence-corrected chi connectivity index (χ0v) is 11.8. The van der Waals surface area contributed by atoms with Crippen LogP contribution in [-0.2, 0) is 9.59 Å². The largest absolute Gasteiger partial charge is 0.477 e. The standard InChI is InChI=1S/C12H17N3O4S/c1-5(16)9-7-2-6(4-20-8(14)3-13)10(12(18)19)15(7)11(9)17/h3,5,7-9,13,16H,2,4,14H2,1H3,(H,18,19). The first-order valence-electron chi connectivity index (χ1n) is 6.22. The molecule has 110 valence electrons. The third-order valence-electron chi connectivity index (χ3n) is 3.64. The van der Waals surface area contributed by atoms with Gasteiger partial charge in [0.25, 0.3) is 0 Å². The van der Waals surface area contributed by atoms with E-state index in [-0.39, 0.29) is 17.6 Å². The number of fused-ring (bicyclic) bond motifs is 1. The number of amides is 1. The summed E-state index contributed by atoms with van der Waals surface area (Å²) in [6, 6.07) is -0.264. The predicted octanol–water partition coefficient (Wildman–Crippen LogP) is -0.396. The number of carboxylic acids is 1. The van der Waals surface area contributed by atoms with Crippen LogP contribution in [0.15, 0.2) is 11.3 Å². The van der Waals surface area contributed by atoms with Gasteiger partial charge in [-0.05, 0) is 18.9 Å². The summed E-state index contributed by atoms with van der Waals surface area (Å²) < 4.78 is 0. The Hall–Kier alpha value is -1.38. The van der Waals surface area contributed by atoms with Crippen molar-refractivity contribution in [1.82, 2.24) is 4.90 Å². The van der Waals surface area contributed by atoms with Crippen LogP contribution >= 0.6 is 11.8 Å². The molecule has 20 heavy (non-hydrogen) atoms. The van der Waals surface area contributed by atoms with E-state index in [1.165, 1.54) is 23.6 Å². The van der Waals surface area contributed by atoms with Gasteiger partial charge in [0.2, 0.25) is 5.91 Å². The van der Waals surface area contributed by atoms with Gasteiger partial charge in [0.05, 0.1) is 23.4 Å². The van der Waals surface area contributed by atoms with E-state index in [0.29, 0.717) is 17.7 Å². The number of carboxylic acid groups (broad SMARTS) is 1. The Morgan fingerprint density at radius 3 is 2.85 bits per heavy atom. The lowest BCUT2D eigenvalue weighted by atomic mass is 9.83. The fraction of sp³-hybridized carbons (Fsp3) is 0.583. The van der Waals surface area contributed by atoms with Crippen LogP contribution in [-0.4, -0.2) is 56.5 Å². The molecule has 1 fully saturated rings. The van der Waals surface area contributed by atoms with Crippen molar-refractivity contribution in [3.05, 3.63) is 11.3 Å². The molecule has 0 aliphatic carbocycles. The maximum Gasteiger partial charge on any atom is 0.352 e. The van der Waals surface area contributed by atoms with Crippen LogP contribution in [0.1, 0.15) is 13.3 Å². The van der Waals surface area contributed by atoms with Gasteiger partial charge in [0.15, 0.2) is 0 Å². The van der Waals surface area contributed by atoms with Crippen molar-refractivity contribution >= 4 is 29.9 Å². The molecule has 5 N–H and O–H groups in total. The second-order valence-corrected chi connectivity index (χ2v) is 6.11. The number of hydrogen-bond donors (Lipinski definition) is 4. The molecule has 0 aromatic heterocycles. The monoisotopic (exact) mass is 299 g/mol. The smallest absolute Gasteiger partial charge is 0.352 e. The van der Waals surface area contributed by atoms with Crippen molar-refractivity contribution < 1.29 is 19.8 Å². The number of aliphatic carboxylic acids is 1. The van der Waals surface area contributed by atoms with E-state index in [1.54, 1.807) is 0 Å². The summed E-state index contributed by atoms with van der Waals surface area (Å²) in [5, 5.41) is 25.4.